The van der Waals surface area contributed by atoms with Crippen molar-refractivity contribution < 1.29 is 23.2 Å². The Kier molecular flexibility index (Phi) is 6.44. The van der Waals surface area contributed by atoms with E-state index in [4.69, 9.17) is 28.9 Å². The first-order valence-electron chi connectivity index (χ1n) is 8.64. The fraction of sp³-hybridized carbons (Fsp3) is 0. The second-order valence-corrected chi connectivity index (χ2v) is 8.89. The third kappa shape index (κ3) is 5.02. The number of hydrogen-bond acceptors (Lipinski definition) is 7. The molecule has 0 spiro atoms. The van der Waals surface area contributed by atoms with Crippen LogP contribution < -0.4 is 15.8 Å². The van der Waals surface area contributed by atoms with E-state index in [1.54, 1.807) is 0 Å². The lowest BCUT2D eigenvalue weighted by molar-refractivity contribution is -0.386. The van der Waals surface area contributed by atoms with Gasteiger partial charge < -0.3 is 16.2 Å². The van der Waals surface area contributed by atoms with E-state index in [0.29, 0.717) is 5.69 Å². The van der Waals surface area contributed by atoms with Gasteiger partial charge in [-0.05, 0) is 48.5 Å². The highest BCUT2D eigenvalue weighted by molar-refractivity contribution is 7.92. The molecule has 0 aromatic heterocycles. The molecule has 13 heteroatoms. The van der Waals surface area contributed by atoms with Crippen LogP contribution in [0.5, 0.6) is 5.75 Å². The van der Waals surface area contributed by atoms with E-state index < -0.39 is 37.2 Å². The highest BCUT2D eigenvalue weighted by atomic mass is 35.5. The molecule has 10 nitrogen and oxygen atoms in total. The van der Waals surface area contributed by atoms with Crippen LogP contribution in [0.3, 0.4) is 0 Å². The number of benzene rings is 3. The predicted molar refractivity (Wildman–Crippen MR) is 121 cm³/mol. The van der Waals surface area contributed by atoms with Crippen LogP contribution in [0.4, 0.5) is 22.7 Å². The molecule has 0 bridgehead atoms. The highest BCUT2D eigenvalue weighted by Gasteiger charge is 2.21. The molecule has 32 heavy (non-hydrogen) atoms. The lowest BCUT2D eigenvalue weighted by Gasteiger charge is -2.10. The summed E-state index contributed by atoms with van der Waals surface area (Å²) in [6, 6.07) is 10.9. The Morgan fingerprint density at radius 1 is 1.00 bits per heavy atom. The number of amides is 1. The molecule has 0 aliphatic rings. The van der Waals surface area contributed by atoms with Gasteiger partial charge in [0.2, 0.25) is 0 Å². The number of halogens is 2. The Balaban J connectivity index is 1.76. The van der Waals surface area contributed by atoms with Gasteiger partial charge in [0.1, 0.15) is 0 Å². The zero-order valence-electron chi connectivity index (χ0n) is 15.9. The quantitative estimate of drug-likeness (QED) is 0.225. The topological polar surface area (TPSA) is 165 Å². The SMILES string of the molecule is Nc1c(Cl)cc(NC(=O)c2ccc(NS(=O)(=O)c3ccc(O)c([N+](=O)[O-])c3)cc2)cc1Cl. The predicted octanol–water partition coefficient (Wildman–Crippen LogP) is 4.24. The largest absolute Gasteiger partial charge is 0.502 e. The number of nitrogens with zero attached hydrogens (tertiary/aromatic N) is 1. The van der Waals surface area contributed by atoms with E-state index >= 15 is 0 Å². The minimum absolute atomic E-state index is 0.107. The van der Waals surface area contributed by atoms with E-state index in [2.05, 4.69) is 10.0 Å². The molecule has 5 N–H and O–H groups in total. The molecule has 0 radical (unpaired) electrons. The summed E-state index contributed by atoms with van der Waals surface area (Å²) < 4.78 is 27.3. The first kappa shape index (κ1) is 23.1. The third-order valence-corrected chi connectivity index (χ3v) is 6.19. The summed E-state index contributed by atoms with van der Waals surface area (Å²) in [5, 5.41) is 23.3. The molecule has 1 amide bonds. The number of nitrogen functional groups attached to an aromatic ring is 1. The number of phenols is 1. The van der Waals surface area contributed by atoms with Gasteiger partial charge in [0, 0.05) is 23.0 Å². The molecule has 166 valence electrons. The molecule has 0 aliphatic carbocycles. The van der Waals surface area contributed by atoms with E-state index in [0.717, 1.165) is 18.2 Å². The summed E-state index contributed by atoms with van der Waals surface area (Å²) in [4.78, 5) is 22.0. The molecule has 0 fully saturated rings. The maximum atomic E-state index is 12.5. The molecule has 0 unspecified atom stereocenters. The Bertz CT molecular complexity index is 1310. The smallest absolute Gasteiger partial charge is 0.312 e. The molecule has 3 aromatic rings. The Labute approximate surface area is 191 Å². The molecule has 3 rings (SSSR count). The number of hydrogen-bond donors (Lipinski definition) is 4. The molecule has 0 atom stereocenters. The normalized spacial score (nSPS) is 11.1. The van der Waals surface area contributed by atoms with Crippen molar-refractivity contribution in [1.82, 2.24) is 0 Å². The zero-order valence-corrected chi connectivity index (χ0v) is 18.2. The lowest BCUT2D eigenvalue weighted by Crippen LogP contribution is -2.14. The monoisotopic (exact) mass is 496 g/mol. The third-order valence-electron chi connectivity index (χ3n) is 4.19. The van der Waals surface area contributed by atoms with Crippen LogP contribution in [0, 0.1) is 10.1 Å². The average Bonchev–Trinajstić information content (AvgIpc) is 2.72. The van der Waals surface area contributed by atoms with Crippen molar-refractivity contribution >= 4 is 61.9 Å². The van der Waals surface area contributed by atoms with Crippen LogP contribution in [-0.2, 0) is 10.0 Å². The summed E-state index contributed by atoms with van der Waals surface area (Å²) in [5.41, 5.74) is 5.72. The van der Waals surface area contributed by atoms with E-state index in [9.17, 15) is 28.4 Å². The number of nitrogens with two attached hydrogens (primary N) is 1. The molecular weight excluding hydrogens is 483 g/mol. The lowest BCUT2D eigenvalue weighted by atomic mass is 10.2. The first-order chi connectivity index (χ1) is 15.0. The van der Waals surface area contributed by atoms with Crippen molar-refractivity contribution in [2.45, 2.75) is 4.90 Å². The summed E-state index contributed by atoms with van der Waals surface area (Å²) in [6.45, 7) is 0. The molecule has 0 saturated heterocycles. The van der Waals surface area contributed by atoms with Crippen LogP contribution in [0.2, 0.25) is 10.0 Å². The number of anilines is 3. The summed E-state index contributed by atoms with van der Waals surface area (Å²) >= 11 is 11.9. The minimum Gasteiger partial charge on any atom is -0.502 e. The van der Waals surface area contributed by atoms with E-state index in [1.807, 2.05) is 0 Å². The second kappa shape index (κ2) is 8.91. The maximum Gasteiger partial charge on any atom is 0.312 e. The van der Waals surface area contributed by atoms with Crippen molar-refractivity contribution in [2.24, 2.45) is 0 Å². The molecule has 0 saturated carbocycles. The number of nitro groups is 1. The standard InChI is InChI=1S/C19H14Cl2N4O6S/c20-14-7-12(8-15(21)18(14)22)23-19(27)10-1-3-11(4-2-10)24-32(30,31)13-5-6-17(26)16(9-13)25(28)29/h1-9,24,26H,22H2,(H,23,27). The molecular formula is C19H14Cl2N4O6S. The second-order valence-electron chi connectivity index (χ2n) is 6.40. The van der Waals surface area contributed by atoms with E-state index in [1.165, 1.54) is 36.4 Å². The number of nitro benzene ring substituents is 1. The highest BCUT2D eigenvalue weighted by Crippen LogP contribution is 2.32. The van der Waals surface area contributed by atoms with Crippen LogP contribution in [0.25, 0.3) is 0 Å². The van der Waals surface area contributed by atoms with Crippen molar-refractivity contribution in [1.29, 1.82) is 0 Å². The summed E-state index contributed by atoms with van der Waals surface area (Å²) in [6.07, 6.45) is 0. The van der Waals surface area contributed by atoms with Gasteiger partial charge >= 0.3 is 5.69 Å². The summed E-state index contributed by atoms with van der Waals surface area (Å²) in [7, 11) is -4.19. The van der Waals surface area contributed by atoms with Crippen molar-refractivity contribution in [3.8, 4) is 5.75 Å². The molecule has 0 heterocycles. The van der Waals surface area contributed by atoms with E-state index in [-0.39, 0.29) is 27.0 Å². The minimum atomic E-state index is -4.19. The van der Waals surface area contributed by atoms with Crippen molar-refractivity contribution in [3.05, 3.63) is 80.3 Å². The number of sulfonamides is 1. The first-order valence-corrected chi connectivity index (χ1v) is 10.9. The van der Waals surface area contributed by atoms with Gasteiger partial charge in [0.05, 0.1) is 25.6 Å². The number of carbonyl (C=O) groups excluding carboxylic acids is 1. The maximum absolute atomic E-state index is 12.5. The average molecular weight is 497 g/mol. The van der Waals surface area contributed by atoms with Crippen LogP contribution in [0.15, 0.2) is 59.5 Å². The van der Waals surface area contributed by atoms with Gasteiger partial charge in [0.25, 0.3) is 15.9 Å². The Morgan fingerprint density at radius 3 is 2.16 bits per heavy atom. The Hall–Kier alpha value is -3.54. The van der Waals surface area contributed by atoms with Crippen molar-refractivity contribution in [2.75, 3.05) is 15.8 Å². The van der Waals surface area contributed by atoms with Gasteiger partial charge in [-0.25, -0.2) is 8.42 Å². The molecule has 0 aliphatic heterocycles. The molecule has 3 aromatic carbocycles. The van der Waals surface area contributed by atoms with Crippen LogP contribution in [-0.4, -0.2) is 24.4 Å². The number of carbonyl (C=O) groups is 1. The fourth-order valence-corrected chi connectivity index (χ4v) is 4.15. The fourth-order valence-electron chi connectivity index (χ4n) is 2.58. The van der Waals surface area contributed by atoms with Crippen LogP contribution >= 0.6 is 23.2 Å². The number of nitrogens with one attached hydrogen (secondary N) is 2. The van der Waals surface area contributed by atoms with Gasteiger partial charge in [-0.3, -0.25) is 19.6 Å². The van der Waals surface area contributed by atoms with Gasteiger partial charge in [-0.2, -0.15) is 0 Å². The van der Waals surface area contributed by atoms with Crippen LogP contribution in [0.1, 0.15) is 10.4 Å². The summed E-state index contributed by atoms with van der Waals surface area (Å²) in [5.74, 6) is -1.17. The number of aromatic hydroxyl groups is 1. The van der Waals surface area contributed by atoms with Gasteiger partial charge in [0.15, 0.2) is 5.75 Å². The van der Waals surface area contributed by atoms with Gasteiger partial charge in [-0.1, -0.05) is 23.2 Å². The van der Waals surface area contributed by atoms with Gasteiger partial charge in [-0.15, -0.1) is 0 Å². The van der Waals surface area contributed by atoms with Crippen molar-refractivity contribution in [3.63, 3.8) is 0 Å². The number of phenolic OH excluding ortho intramolecular Hbond substituents is 1. The Morgan fingerprint density at radius 2 is 1.59 bits per heavy atom. The number of rotatable bonds is 6. The zero-order chi connectivity index (χ0) is 23.6.